The molecule has 1 aliphatic heterocycles. The van der Waals surface area contributed by atoms with Crippen LogP contribution in [0.1, 0.15) is 16.7 Å². The van der Waals surface area contributed by atoms with E-state index in [2.05, 4.69) is 10.3 Å². The fraction of sp³-hybridized carbons (Fsp3) is 0.0417. The third kappa shape index (κ3) is 2.95. The van der Waals surface area contributed by atoms with Crippen molar-refractivity contribution in [1.82, 2.24) is 4.98 Å². The predicted molar refractivity (Wildman–Crippen MR) is 112 cm³/mol. The number of H-pyrrole nitrogens is 1. The Labute approximate surface area is 162 Å². The van der Waals surface area contributed by atoms with Crippen molar-refractivity contribution in [3.05, 3.63) is 95.7 Å². The van der Waals surface area contributed by atoms with Gasteiger partial charge in [0.15, 0.2) is 0 Å². The Bertz CT molecular complexity index is 1210. The Morgan fingerprint density at radius 1 is 0.929 bits per heavy atom. The molecular formula is C24H18N2O2. The molecule has 1 aliphatic rings. The number of hydrogen-bond donors (Lipinski definition) is 2. The van der Waals surface area contributed by atoms with Crippen LogP contribution < -0.4 is 10.1 Å². The van der Waals surface area contributed by atoms with Crippen molar-refractivity contribution in [2.24, 2.45) is 0 Å². The molecule has 0 unspecified atom stereocenters. The maximum Gasteiger partial charge on any atom is 0.256 e. The molecule has 3 aromatic carbocycles. The van der Waals surface area contributed by atoms with Crippen LogP contribution in [0.15, 0.2) is 79.0 Å². The van der Waals surface area contributed by atoms with Crippen LogP contribution in [0.4, 0.5) is 5.69 Å². The molecule has 0 bridgehead atoms. The van der Waals surface area contributed by atoms with E-state index < -0.39 is 0 Å². The Kier molecular flexibility index (Phi) is 3.95. The van der Waals surface area contributed by atoms with Crippen LogP contribution >= 0.6 is 0 Å². The summed E-state index contributed by atoms with van der Waals surface area (Å²) >= 11 is 0. The van der Waals surface area contributed by atoms with E-state index in [9.17, 15) is 4.79 Å². The van der Waals surface area contributed by atoms with Crippen molar-refractivity contribution in [3.8, 4) is 5.75 Å². The molecule has 0 fully saturated rings. The topological polar surface area (TPSA) is 54.1 Å². The summed E-state index contributed by atoms with van der Waals surface area (Å²) < 4.78 is 5.96. The van der Waals surface area contributed by atoms with E-state index in [1.54, 1.807) is 0 Å². The van der Waals surface area contributed by atoms with Gasteiger partial charge in [0.2, 0.25) is 0 Å². The lowest BCUT2D eigenvalue weighted by Crippen LogP contribution is -2.03. The molecule has 1 aromatic heterocycles. The van der Waals surface area contributed by atoms with E-state index in [-0.39, 0.29) is 5.91 Å². The van der Waals surface area contributed by atoms with Crippen LogP contribution in [0.25, 0.3) is 22.6 Å². The monoisotopic (exact) mass is 366 g/mol. The Hall–Kier alpha value is -3.79. The Balaban J connectivity index is 1.48. The zero-order valence-electron chi connectivity index (χ0n) is 15.1. The van der Waals surface area contributed by atoms with Gasteiger partial charge in [0.25, 0.3) is 5.91 Å². The number of aromatic amines is 1. The maximum absolute atomic E-state index is 12.4. The van der Waals surface area contributed by atoms with Gasteiger partial charge < -0.3 is 15.0 Å². The molecule has 4 heteroatoms. The van der Waals surface area contributed by atoms with Gasteiger partial charge in [-0.25, -0.2) is 0 Å². The van der Waals surface area contributed by atoms with Crippen LogP contribution in [0.5, 0.6) is 5.75 Å². The molecule has 0 aliphatic carbocycles. The van der Waals surface area contributed by atoms with Gasteiger partial charge in [-0.3, -0.25) is 4.79 Å². The van der Waals surface area contributed by atoms with Gasteiger partial charge in [-0.15, -0.1) is 0 Å². The summed E-state index contributed by atoms with van der Waals surface area (Å²) in [6, 6.07) is 23.8. The number of hydrogen-bond acceptors (Lipinski definition) is 2. The van der Waals surface area contributed by atoms with Gasteiger partial charge in [-0.2, -0.15) is 0 Å². The predicted octanol–water partition coefficient (Wildman–Crippen LogP) is 5.24. The summed E-state index contributed by atoms with van der Waals surface area (Å²) in [6.07, 6.45) is 3.85. The van der Waals surface area contributed by atoms with Crippen LogP contribution in [0.3, 0.4) is 0 Å². The first-order valence-corrected chi connectivity index (χ1v) is 9.18. The van der Waals surface area contributed by atoms with Gasteiger partial charge in [0.1, 0.15) is 12.4 Å². The smallest absolute Gasteiger partial charge is 0.256 e. The molecule has 4 aromatic rings. The number of benzene rings is 3. The highest BCUT2D eigenvalue weighted by atomic mass is 16.5. The van der Waals surface area contributed by atoms with Crippen molar-refractivity contribution >= 4 is 34.1 Å². The largest absolute Gasteiger partial charge is 0.489 e. The molecular weight excluding hydrogens is 348 g/mol. The number of rotatable bonds is 4. The summed E-state index contributed by atoms with van der Waals surface area (Å²) in [5.41, 5.74) is 5.54. The number of anilines is 1. The van der Waals surface area contributed by atoms with E-state index >= 15 is 0 Å². The molecule has 0 saturated carbocycles. The highest BCUT2D eigenvalue weighted by molar-refractivity contribution is 6.35. The molecule has 0 atom stereocenters. The fourth-order valence-electron chi connectivity index (χ4n) is 3.51. The number of amides is 1. The van der Waals surface area contributed by atoms with Crippen LogP contribution in [-0.2, 0) is 11.4 Å². The second-order valence-electron chi connectivity index (χ2n) is 6.78. The summed E-state index contributed by atoms with van der Waals surface area (Å²) in [7, 11) is 0. The zero-order chi connectivity index (χ0) is 18.9. The van der Waals surface area contributed by atoms with Crippen molar-refractivity contribution < 1.29 is 9.53 Å². The Morgan fingerprint density at radius 3 is 2.64 bits per heavy atom. The van der Waals surface area contributed by atoms with Gasteiger partial charge in [0.05, 0.1) is 0 Å². The number of para-hydroxylation sites is 1. The van der Waals surface area contributed by atoms with Crippen molar-refractivity contribution in [2.75, 3.05) is 5.32 Å². The number of carbonyl (C=O) groups is 1. The van der Waals surface area contributed by atoms with Crippen molar-refractivity contribution in [2.45, 2.75) is 6.61 Å². The van der Waals surface area contributed by atoms with Crippen LogP contribution in [0, 0.1) is 0 Å². The number of aromatic nitrogens is 1. The second kappa shape index (κ2) is 6.74. The lowest BCUT2D eigenvalue weighted by molar-refractivity contribution is -0.110. The minimum absolute atomic E-state index is 0.0768. The van der Waals surface area contributed by atoms with Crippen molar-refractivity contribution in [1.29, 1.82) is 0 Å². The molecule has 0 radical (unpaired) electrons. The highest BCUT2D eigenvalue weighted by Crippen LogP contribution is 2.34. The van der Waals surface area contributed by atoms with Gasteiger partial charge in [-0.1, -0.05) is 48.5 Å². The fourth-order valence-corrected chi connectivity index (χ4v) is 3.51. The average Bonchev–Trinajstić information content (AvgIpc) is 3.28. The normalized spacial score (nSPS) is 14.3. The first-order chi connectivity index (χ1) is 13.8. The van der Waals surface area contributed by atoms with E-state index in [1.807, 2.05) is 85.1 Å². The molecule has 1 amide bonds. The number of ether oxygens (including phenoxy) is 1. The second-order valence-corrected chi connectivity index (χ2v) is 6.78. The number of fused-ring (bicyclic) bond motifs is 2. The first-order valence-electron chi connectivity index (χ1n) is 9.18. The SMILES string of the molecule is O=C1Nc2ccccc2/C1=C\c1c[nH]c2ccc(OCc3ccccc3)cc12. The minimum Gasteiger partial charge on any atom is -0.489 e. The summed E-state index contributed by atoms with van der Waals surface area (Å²) in [5, 5.41) is 3.94. The third-order valence-corrected chi connectivity index (χ3v) is 4.94. The quantitative estimate of drug-likeness (QED) is 0.485. The highest BCUT2D eigenvalue weighted by Gasteiger charge is 2.23. The number of carbonyl (C=O) groups excluding carboxylic acids is 1. The van der Waals surface area contributed by atoms with Crippen molar-refractivity contribution in [3.63, 3.8) is 0 Å². The lowest BCUT2D eigenvalue weighted by atomic mass is 10.0. The molecule has 4 nitrogen and oxygen atoms in total. The van der Waals surface area contributed by atoms with E-state index in [1.165, 1.54) is 0 Å². The standard InChI is InChI=1S/C24H18N2O2/c27-24-21(19-8-4-5-9-23(19)26-24)12-17-14-25-22-11-10-18(13-20(17)22)28-15-16-6-2-1-3-7-16/h1-14,25H,15H2,(H,26,27)/b21-12+. The molecule has 0 spiro atoms. The molecule has 28 heavy (non-hydrogen) atoms. The lowest BCUT2D eigenvalue weighted by Gasteiger charge is -2.06. The summed E-state index contributed by atoms with van der Waals surface area (Å²) in [5.74, 6) is 0.721. The van der Waals surface area contributed by atoms with Crippen LogP contribution in [0.2, 0.25) is 0 Å². The molecule has 2 heterocycles. The average molecular weight is 366 g/mol. The first kappa shape index (κ1) is 16.4. The minimum atomic E-state index is -0.0768. The summed E-state index contributed by atoms with van der Waals surface area (Å²) in [4.78, 5) is 15.7. The molecule has 2 N–H and O–H groups in total. The molecule has 0 saturated heterocycles. The van der Waals surface area contributed by atoms with Gasteiger partial charge in [-0.05, 0) is 35.9 Å². The third-order valence-electron chi connectivity index (χ3n) is 4.94. The molecule has 136 valence electrons. The van der Waals surface area contributed by atoms with Gasteiger partial charge in [0, 0.05) is 39.5 Å². The van der Waals surface area contributed by atoms with E-state index in [0.717, 1.165) is 39.0 Å². The summed E-state index contributed by atoms with van der Waals surface area (Å²) in [6.45, 7) is 0.517. The Morgan fingerprint density at radius 2 is 1.75 bits per heavy atom. The maximum atomic E-state index is 12.4. The zero-order valence-corrected chi connectivity index (χ0v) is 15.1. The number of nitrogens with one attached hydrogen (secondary N) is 2. The van der Waals surface area contributed by atoms with E-state index in [4.69, 9.17) is 4.74 Å². The van der Waals surface area contributed by atoms with Crippen LogP contribution in [-0.4, -0.2) is 10.9 Å². The van der Waals surface area contributed by atoms with Gasteiger partial charge >= 0.3 is 0 Å². The van der Waals surface area contributed by atoms with E-state index in [0.29, 0.717) is 12.2 Å². The molecule has 5 rings (SSSR count).